The number of pyridine rings is 1. The van der Waals surface area contributed by atoms with Crippen molar-refractivity contribution in [3.63, 3.8) is 0 Å². The Morgan fingerprint density at radius 2 is 1.81 bits per heavy atom. The number of fused-ring (bicyclic) bond motifs is 1. The molecule has 0 saturated carbocycles. The van der Waals surface area contributed by atoms with E-state index in [-0.39, 0.29) is 29.2 Å². The van der Waals surface area contributed by atoms with Crippen LogP contribution in [-0.2, 0) is 4.74 Å². The van der Waals surface area contributed by atoms with Crippen LogP contribution in [0.1, 0.15) is 47.2 Å². The minimum Gasteiger partial charge on any atom is -0.462 e. The number of carbonyl (C=O) groups excluding carboxylic acids is 2. The first-order valence-corrected chi connectivity index (χ1v) is 9.09. The van der Waals surface area contributed by atoms with Gasteiger partial charge in [0.15, 0.2) is 0 Å². The van der Waals surface area contributed by atoms with Crippen LogP contribution in [0.4, 0.5) is 4.39 Å². The Morgan fingerprint density at radius 3 is 2.42 bits per heavy atom. The first kappa shape index (κ1) is 19.8. The Morgan fingerprint density at radius 1 is 1.15 bits per heavy atom. The second-order valence-electron chi connectivity index (χ2n) is 5.07. The van der Waals surface area contributed by atoms with Crippen molar-refractivity contribution in [1.29, 1.82) is 0 Å². The van der Waals surface area contributed by atoms with Gasteiger partial charge in [-0.05, 0) is 49.4 Å². The fourth-order valence-corrected chi connectivity index (χ4v) is 2.77. The van der Waals surface area contributed by atoms with Crippen molar-refractivity contribution in [2.45, 2.75) is 20.8 Å². The van der Waals surface area contributed by atoms with E-state index in [4.69, 9.17) is 4.74 Å². The highest BCUT2D eigenvalue weighted by atomic mass is 79.9. The second kappa shape index (κ2) is 8.76. The highest BCUT2D eigenvalue weighted by Crippen LogP contribution is 2.24. The van der Waals surface area contributed by atoms with Crippen LogP contribution in [0.15, 0.2) is 53.1 Å². The molecule has 0 saturated heterocycles. The van der Waals surface area contributed by atoms with E-state index >= 15 is 0 Å². The molecule has 136 valence electrons. The number of halogens is 2. The van der Waals surface area contributed by atoms with E-state index in [1.165, 1.54) is 22.6 Å². The third kappa shape index (κ3) is 3.85. The molecular formula is C20H19BrFNO3. The third-order valence-electron chi connectivity index (χ3n) is 3.57. The molecule has 0 N–H and O–H groups in total. The summed E-state index contributed by atoms with van der Waals surface area (Å²) >= 11 is 3.31. The summed E-state index contributed by atoms with van der Waals surface area (Å²) in [6.07, 6.45) is 1.55. The van der Waals surface area contributed by atoms with Gasteiger partial charge in [0.1, 0.15) is 5.82 Å². The van der Waals surface area contributed by atoms with E-state index in [9.17, 15) is 14.0 Å². The number of rotatable bonds is 4. The fourth-order valence-electron chi connectivity index (χ4n) is 2.50. The van der Waals surface area contributed by atoms with Crippen LogP contribution in [0.5, 0.6) is 0 Å². The molecule has 0 radical (unpaired) electrons. The summed E-state index contributed by atoms with van der Waals surface area (Å²) < 4.78 is 21.4. The highest BCUT2D eigenvalue weighted by Gasteiger charge is 2.23. The Hall–Kier alpha value is -2.47. The van der Waals surface area contributed by atoms with Crippen LogP contribution in [0.25, 0.3) is 5.52 Å². The van der Waals surface area contributed by atoms with Gasteiger partial charge in [-0.25, -0.2) is 9.18 Å². The molecule has 2 aromatic heterocycles. The van der Waals surface area contributed by atoms with Crippen molar-refractivity contribution in [2.75, 3.05) is 6.61 Å². The zero-order valence-corrected chi connectivity index (χ0v) is 16.3. The molecule has 0 fully saturated rings. The number of aromatic nitrogens is 1. The Labute approximate surface area is 159 Å². The van der Waals surface area contributed by atoms with E-state index < -0.39 is 11.8 Å². The SMILES string of the molecule is CC.CCOC(=O)c1cc(C(=O)c2ccc(Br)cc2)n2cccc(F)c12. The Kier molecular flexibility index (Phi) is 6.69. The van der Waals surface area contributed by atoms with Crippen molar-refractivity contribution in [1.82, 2.24) is 4.40 Å². The van der Waals surface area contributed by atoms with Gasteiger partial charge in [-0.2, -0.15) is 0 Å². The summed E-state index contributed by atoms with van der Waals surface area (Å²) in [4.78, 5) is 24.9. The molecule has 0 unspecified atom stereocenters. The van der Waals surface area contributed by atoms with Crippen molar-refractivity contribution >= 4 is 33.2 Å². The van der Waals surface area contributed by atoms with E-state index in [0.29, 0.717) is 5.56 Å². The van der Waals surface area contributed by atoms with Crippen molar-refractivity contribution in [3.05, 3.63) is 75.8 Å². The zero-order valence-electron chi connectivity index (χ0n) is 14.8. The monoisotopic (exact) mass is 419 g/mol. The van der Waals surface area contributed by atoms with Gasteiger partial charge in [0.25, 0.3) is 0 Å². The Bertz CT molecular complexity index is 932. The number of hydrogen-bond acceptors (Lipinski definition) is 3. The molecule has 0 amide bonds. The van der Waals surface area contributed by atoms with Crippen molar-refractivity contribution in [3.8, 4) is 0 Å². The zero-order chi connectivity index (χ0) is 19.3. The lowest BCUT2D eigenvalue weighted by Gasteiger charge is -2.04. The van der Waals surface area contributed by atoms with Gasteiger partial charge in [0.05, 0.1) is 23.4 Å². The molecule has 0 atom stereocenters. The molecule has 26 heavy (non-hydrogen) atoms. The molecule has 6 heteroatoms. The van der Waals surface area contributed by atoms with Gasteiger partial charge in [0.2, 0.25) is 5.78 Å². The lowest BCUT2D eigenvalue weighted by molar-refractivity contribution is 0.0528. The molecule has 0 aliphatic heterocycles. The normalized spacial score (nSPS) is 10.2. The summed E-state index contributed by atoms with van der Waals surface area (Å²) in [5.74, 6) is -1.55. The third-order valence-corrected chi connectivity index (χ3v) is 4.10. The minimum atomic E-state index is -0.657. The molecule has 1 aromatic carbocycles. The van der Waals surface area contributed by atoms with Gasteiger partial charge in [-0.1, -0.05) is 29.8 Å². The molecule has 2 heterocycles. The van der Waals surface area contributed by atoms with Crippen LogP contribution in [0.3, 0.4) is 0 Å². The average Bonchev–Trinajstić information content (AvgIpc) is 3.05. The van der Waals surface area contributed by atoms with Gasteiger partial charge < -0.3 is 9.14 Å². The topological polar surface area (TPSA) is 47.8 Å². The predicted molar refractivity (Wildman–Crippen MR) is 102 cm³/mol. The van der Waals surface area contributed by atoms with Gasteiger partial charge in [-0.15, -0.1) is 0 Å². The van der Waals surface area contributed by atoms with E-state index in [1.807, 2.05) is 13.8 Å². The number of esters is 1. The number of nitrogens with zero attached hydrogens (tertiary/aromatic N) is 1. The van der Waals surface area contributed by atoms with E-state index in [1.54, 1.807) is 37.4 Å². The maximum atomic E-state index is 14.2. The number of hydrogen-bond donors (Lipinski definition) is 0. The van der Waals surface area contributed by atoms with Crippen LogP contribution >= 0.6 is 15.9 Å². The number of ketones is 1. The van der Waals surface area contributed by atoms with E-state index in [0.717, 1.165) is 4.47 Å². The first-order chi connectivity index (χ1) is 12.5. The maximum absolute atomic E-state index is 14.2. The largest absolute Gasteiger partial charge is 0.462 e. The molecule has 3 aromatic rings. The predicted octanol–water partition coefficient (Wildman–Crippen LogP) is 5.27. The number of benzene rings is 1. The lowest BCUT2D eigenvalue weighted by Crippen LogP contribution is -2.05. The average molecular weight is 420 g/mol. The molecular weight excluding hydrogens is 401 g/mol. The highest BCUT2D eigenvalue weighted by molar-refractivity contribution is 9.10. The second-order valence-corrected chi connectivity index (χ2v) is 5.99. The summed E-state index contributed by atoms with van der Waals surface area (Å²) in [6.45, 7) is 5.83. The quantitative estimate of drug-likeness (QED) is 0.427. The molecule has 3 rings (SSSR count). The standard InChI is InChI=1S/C18H13BrFNO3.C2H6/c1-2-24-18(23)13-10-15(21-9-3-4-14(20)16(13)21)17(22)11-5-7-12(19)8-6-11;1-2/h3-10H,2H2,1H3;1-2H3. The first-order valence-electron chi connectivity index (χ1n) is 8.30. The minimum absolute atomic E-state index is 0.0374. The van der Waals surface area contributed by atoms with Crippen LogP contribution in [-0.4, -0.2) is 22.8 Å². The smallest absolute Gasteiger partial charge is 0.340 e. The Balaban J connectivity index is 0.00000117. The van der Waals surface area contributed by atoms with Crippen molar-refractivity contribution < 1.29 is 18.7 Å². The van der Waals surface area contributed by atoms with Crippen LogP contribution in [0.2, 0.25) is 0 Å². The van der Waals surface area contributed by atoms with Crippen LogP contribution in [0, 0.1) is 5.82 Å². The molecule has 0 aliphatic rings. The van der Waals surface area contributed by atoms with Gasteiger partial charge in [-0.3, -0.25) is 4.79 Å². The molecule has 0 aliphatic carbocycles. The summed E-state index contributed by atoms with van der Waals surface area (Å²) in [6, 6.07) is 10.9. The molecule has 0 bridgehead atoms. The fraction of sp³-hybridized carbons (Fsp3) is 0.200. The number of ether oxygens (including phenoxy) is 1. The van der Waals surface area contributed by atoms with Gasteiger partial charge >= 0.3 is 5.97 Å². The summed E-state index contributed by atoms with van der Waals surface area (Å²) in [5, 5.41) is 0. The van der Waals surface area contributed by atoms with Crippen LogP contribution < -0.4 is 0 Å². The summed E-state index contributed by atoms with van der Waals surface area (Å²) in [7, 11) is 0. The molecule has 0 spiro atoms. The number of carbonyl (C=O) groups is 2. The van der Waals surface area contributed by atoms with Crippen molar-refractivity contribution in [2.24, 2.45) is 0 Å². The van der Waals surface area contributed by atoms with E-state index in [2.05, 4.69) is 15.9 Å². The molecule has 4 nitrogen and oxygen atoms in total. The summed E-state index contributed by atoms with van der Waals surface area (Å²) in [5.41, 5.74) is 0.721. The lowest BCUT2D eigenvalue weighted by atomic mass is 10.1. The maximum Gasteiger partial charge on any atom is 0.340 e. The van der Waals surface area contributed by atoms with Gasteiger partial charge in [0, 0.05) is 16.2 Å².